The van der Waals surface area contributed by atoms with E-state index in [1.54, 1.807) is 42.5 Å². The van der Waals surface area contributed by atoms with Gasteiger partial charge in [-0.25, -0.2) is 8.42 Å². The second-order valence-electron chi connectivity index (χ2n) is 10.0. The van der Waals surface area contributed by atoms with Crippen LogP contribution in [0.25, 0.3) is 22.1 Å². The van der Waals surface area contributed by atoms with Crippen LogP contribution in [0.15, 0.2) is 65.3 Å². The van der Waals surface area contributed by atoms with Crippen molar-refractivity contribution >= 4 is 26.8 Å². The van der Waals surface area contributed by atoms with Crippen molar-refractivity contribution in [2.75, 3.05) is 18.6 Å². The van der Waals surface area contributed by atoms with Crippen LogP contribution in [-0.4, -0.2) is 38.1 Å². The number of benzene rings is 3. The van der Waals surface area contributed by atoms with E-state index in [0.717, 1.165) is 12.3 Å². The highest BCUT2D eigenvalue weighted by molar-refractivity contribution is 7.90. The molecule has 0 saturated carbocycles. The number of ether oxygens (including phenoxy) is 2. The number of fused-ring (bicyclic) bond motifs is 2. The van der Waals surface area contributed by atoms with Gasteiger partial charge in [0.05, 0.1) is 30.6 Å². The summed E-state index contributed by atoms with van der Waals surface area (Å²) in [5.74, 6) is -0.0909. The quantitative estimate of drug-likeness (QED) is 0.208. The zero-order chi connectivity index (χ0) is 29.4. The Morgan fingerprint density at radius 1 is 1.07 bits per heavy atom. The van der Waals surface area contributed by atoms with Gasteiger partial charge in [-0.2, -0.15) is 13.2 Å². The Hall–Kier alpha value is -3.99. The van der Waals surface area contributed by atoms with Crippen molar-refractivity contribution in [2.45, 2.75) is 38.0 Å². The third-order valence-electron chi connectivity index (χ3n) is 6.98. The first-order chi connectivity index (χ1) is 19.4. The summed E-state index contributed by atoms with van der Waals surface area (Å²) in [6.07, 6.45) is -1.51. The van der Waals surface area contributed by atoms with Crippen molar-refractivity contribution in [3.8, 4) is 22.6 Å². The number of hydrogen-bond donors (Lipinski definition) is 1. The maximum atomic E-state index is 14.1. The summed E-state index contributed by atoms with van der Waals surface area (Å²) < 4.78 is 82.2. The van der Waals surface area contributed by atoms with E-state index in [1.807, 2.05) is 0 Å². The maximum Gasteiger partial charge on any atom is 0.417 e. The van der Waals surface area contributed by atoms with Crippen LogP contribution in [0, 0.1) is 0 Å². The molecule has 1 aliphatic rings. The van der Waals surface area contributed by atoms with Gasteiger partial charge in [0.2, 0.25) is 0 Å². The minimum absolute atomic E-state index is 0.0133. The number of carboxylic acids is 1. The molecule has 41 heavy (non-hydrogen) atoms. The van der Waals surface area contributed by atoms with E-state index in [4.69, 9.17) is 19.0 Å². The molecule has 0 fully saturated rings. The molecular weight excluding hydrogens is 561 g/mol. The molecule has 4 aromatic rings. The lowest BCUT2D eigenvalue weighted by Gasteiger charge is -2.20. The fraction of sp³-hybridized carbons (Fsp3) is 0.300. The SMILES string of the molecule is CS(=O)(=O)CCCOc1ccc(-c2c(C(F)(F)F)ccc3c2CC[C@H]3Oc2ccc3c(CC(=O)O)coc3c2)cc1. The number of halogens is 3. The lowest BCUT2D eigenvalue weighted by atomic mass is 9.91. The molecule has 0 aliphatic heterocycles. The summed E-state index contributed by atoms with van der Waals surface area (Å²) in [5, 5.41) is 9.74. The number of furan rings is 1. The van der Waals surface area contributed by atoms with Crippen LogP contribution in [0.3, 0.4) is 0 Å². The molecule has 1 N–H and O–H groups in total. The Morgan fingerprint density at radius 2 is 1.80 bits per heavy atom. The topological polar surface area (TPSA) is 103 Å². The molecule has 216 valence electrons. The van der Waals surface area contributed by atoms with Crippen LogP contribution < -0.4 is 9.47 Å². The summed E-state index contributed by atoms with van der Waals surface area (Å²) in [7, 11) is -3.10. The molecule has 0 bridgehead atoms. The molecule has 1 aromatic heterocycles. The first-order valence-corrected chi connectivity index (χ1v) is 15.0. The van der Waals surface area contributed by atoms with Crippen LogP contribution in [0.5, 0.6) is 11.5 Å². The van der Waals surface area contributed by atoms with Gasteiger partial charge in [-0.15, -0.1) is 0 Å². The third kappa shape index (κ3) is 6.51. The lowest BCUT2D eigenvalue weighted by Crippen LogP contribution is -2.10. The molecule has 7 nitrogen and oxygen atoms in total. The maximum absolute atomic E-state index is 14.1. The van der Waals surface area contributed by atoms with Crippen LogP contribution in [-0.2, 0) is 33.6 Å². The number of carbonyl (C=O) groups is 1. The smallest absolute Gasteiger partial charge is 0.417 e. The molecule has 0 amide bonds. The summed E-state index contributed by atoms with van der Waals surface area (Å²) in [6, 6.07) is 13.9. The second kappa shape index (κ2) is 11.1. The van der Waals surface area contributed by atoms with Gasteiger partial charge in [0, 0.05) is 23.3 Å². The fourth-order valence-corrected chi connectivity index (χ4v) is 5.83. The van der Waals surface area contributed by atoms with Gasteiger partial charge in [-0.05, 0) is 71.8 Å². The van der Waals surface area contributed by atoms with E-state index >= 15 is 0 Å². The highest BCUT2D eigenvalue weighted by Gasteiger charge is 2.38. The Bertz CT molecular complexity index is 1690. The highest BCUT2D eigenvalue weighted by Crippen LogP contribution is 2.46. The van der Waals surface area contributed by atoms with Gasteiger partial charge in [-0.1, -0.05) is 18.2 Å². The monoisotopic (exact) mass is 588 g/mol. The van der Waals surface area contributed by atoms with E-state index in [1.165, 1.54) is 12.3 Å². The molecule has 0 radical (unpaired) electrons. The van der Waals surface area contributed by atoms with Crippen LogP contribution >= 0.6 is 0 Å². The predicted octanol–water partition coefficient (Wildman–Crippen LogP) is 6.63. The Kier molecular flexibility index (Phi) is 7.74. The third-order valence-corrected chi connectivity index (χ3v) is 8.01. The first-order valence-electron chi connectivity index (χ1n) is 12.9. The van der Waals surface area contributed by atoms with Gasteiger partial charge in [0.15, 0.2) is 0 Å². The molecule has 0 saturated heterocycles. The first kappa shape index (κ1) is 28.5. The summed E-state index contributed by atoms with van der Waals surface area (Å²) >= 11 is 0. The van der Waals surface area contributed by atoms with E-state index in [9.17, 15) is 26.4 Å². The number of alkyl halides is 3. The zero-order valence-corrected chi connectivity index (χ0v) is 22.8. The average Bonchev–Trinajstić information content (AvgIpc) is 3.49. The lowest BCUT2D eigenvalue weighted by molar-refractivity contribution is -0.137. The predicted molar refractivity (Wildman–Crippen MR) is 146 cm³/mol. The highest BCUT2D eigenvalue weighted by atomic mass is 32.2. The van der Waals surface area contributed by atoms with Crippen LogP contribution in [0.2, 0.25) is 0 Å². The number of aliphatic carboxylic acids is 1. The summed E-state index contributed by atoms with van der Waals surface area (Å²) in [5.41, 5.74) is 1.99. The fourth-order valence-electron chi connectivity index (χ4n) is 5.18. The molecule has 11 heteroatoms. The van der Waals surface area contributed by atoms with E-state index in [0.29, 0.717) is 64.0 Å². The zero-order valence-electron chi connectivity index (χ0n) is 22.0. The van der Waals surface area contributed by atoms with Crippen molar-refractivity contribution in [3.05, 3.63) is 83.1 Å². The van der Waals surface area contributed by atoms with Gasteiger partial charge in [0.25, 0.3) is 0 Å². The Balaban J connectivity index is 1.40. The molecule has 1 heterocycles. The Labute approximate surface area is 234 Å². The van der Waals surface area contributed by atoms with Crippen molar-refractivity contribution in [2.24, 2.45) is 0 Å². The van der Waals surface area contributed by atoms with Crippen molar-refractivity contribution < 1.29 is 45.4 Å². The molecule has 1 aliphatic carbocycles. The molecule has 3 aromatic carbocycles. The number of hydrogen-bond acceptors (Lipinski definition) is 6. The molecule has 0 spiro atoms. The van der Waals surface area contributed by atoms with E-state index < -0.39 is 33.7 Å². The van der Waals surface area contributed by atoms with Gasteiger partial charge in [0.1, 0.15) is 33.0 Å². The Morgan fingerprint density at radius 3 is 2.49 bits per heavy atom. The molecule has 0 unspecified atom stereocenters. The van der Waals surface area contributed by atoms with Crippen molar-refractivity contribution in [1.82, 2.24) is 0 Å². The van der Waals surface area contributed by atoms with Gasteiger partial charge >= 0.3 is 12.1 Å². The molecular formula is C30H27F3O7S. The largest absolute Gasteiger partial charge is 0.494 e. The van der Waals surface area contributed by atoms with E-state index in [-0.39, 0.29) is 24.3 Å². The summed E-state index contributed by atoms with van der Waals surface area (Å²) in [4.78, 5) is 11.1. The van der Waals surface area contributed by atoms with Crippen molar-refractivity contribution in [1.29, 1.82) is 0 Å². The minimum atomic E-state index is -4.57. The minimum Gasteiger partial charge on any atom is -0.494 e. The van der Waals surface area contributed by atoms with Gasteiger partial charge in [-0.3, -0.25) is 4.79 Å². The number of carboxylic acid groups (broad SMARTS) is 1. The summed E-state index contributed by atoms with van der Waals surface area (Å²) in [6.45, 7) is 0.171. The standard InChI is InChI=1S/C30H27F3O7S/c1-41(36,37)14-2-13-38-20-5-3-18(4-6-20)29-24-10-12-26(23(24)9-11-25(29)30(31,32)33)40-21-7-8-22-19(15-28(34)35)17-39-27(22)16-21/h3-9,11,16-17,26H,2,10,12-15H2,1H3,(H,34,35)/t26-/m1/s1. The molecule has 1 atom stereocenters. The second-order valence-corrected chi connectivity index (χ2v) is 12.3. The number of rotatable bonds is 10. The van der Waals surface area contributed by atoms with Crippen LogP contribution in [0.4, 0.5) is 13.2 Å². The van der Waals surface area contributed by atoms with Crippen molar-refractivity contribution in [3.63, 3.8) is 0 Å². The van der Waals surface area contributed by atoms with Gasteiger partial charge < -0.3 is 19.0 Å². The number of sulfone groups is 1. The van der Waals surface area contributed by atoms with E-state index in [2.05, 4.69) is 0 Å². The normalized spacial score (nSPS) is 15.2. The van der Waals surface area contributed by atoms with Crippen LogP contribution in [0.1, 0.15) is 41.2 Å². The average molecular weight is 589 g/mol. The molecule has 5 rings (SSSR count).